The summed E-state index contributed by atoms with van der Waals surface area (Å²) >= 11 is 0. The molecule has 0 unspecified atom stereocenters. The van der Waals surface area contributed by atoms with E-state index in [4.69, 9.17) is 9.47 Å². The summed E-state index contributed by atoms with van der Waals surface area (Å²) in [5.74, 6) is 0.730. The van der Waals surface area contributed by atoms with Crippen molar-refractivity contribution in [3.8, 4) is 5.75 Å². The van der Waals surface area contributed by atoms with Crippen molar-refractivity contribution >= 4 is 11.6 Å². The number of nitrogens with one attached hydrogen (secondary N) is 2. The number of methoxy groups -OCH3 is 1. The average molecular weight is 294 g/mol. The maximum Gasteiger partial charge on any atom is 0.238 e. The molecule has 0 aliphatic carbocycles. The van der Waals surface area contributed by atoms with Crippen LogP contribution in [0.4, 0.5) is 5.69 Å². The van der Waals surface area contributed by atoms with Crippen LogP contribution in [0.15, 0.2) is 24.3 Å². The Morgan fingerprint density at radius 2 is 1.90 bits per heavy atom. The number of carbonyl (C=O) groups excluding carboxylic acids is 1. The van der Waals surface area contributed by atoms with E-state index in [2.05, 4.69) is 10.6 Å². The van der Waals surface area contributed by atoms with Crippen molar-refractivity contribution in [1.82, 2.24) is 5.32 Å². The number of hydrogen-bond donors (Lipinski definition) is 2. The molecule has 2 N–H and O–H groups in total. The molecule has 0 radical (unpaired) electrons. The lowest BCUT2D eigenvalue weighted by atomic mass is 10.3. The lowest BCUT2D eigenvalue weighted by Crippen LogP contribution is -2.28. The molecule has 5 heteroatoms. The van der Waals surface area contributed by atoms with E-state index in [1.54, 1.807) is 7.11 Å². The van der Waals surface area contributed by atoms with Gasteiger partial charge < -0.3 is 20.1 Å². The highest BCUT2D eigenvalue weighted by atomic mass is 16.5. The predicted octanol–water partition coefficient (Wildman–Crippen LogP) is 2.43. The summed E-state index contributed by atoms with van der Waals surface area (Å²) in [4.78, 5) is 11.7. The summed E-state index contributed by atoms with van der Waals surface area (Å²) in [5.41, 5.74) is 0.771. The highest BCUT2D eigenvalue weighted by molar-refractivity contribution is 5.92. The number of amides is 1. The smallest absolute Gasteiger partial charge is 0.238 e. The van der Waals surface area contributed by atoms with Crippen molar-refractivity contribution in [2.75, 3.05) is 32.1 Å². The normalized spacial score (nSPS) is 10.7. The van der Waals surface area contributed by atoms with Crippen molar-refractivity contribution < 1.29 is 14.3 Å². The van der Waals surface area contributed by atoms with E-state index >= 15 is 0 Å². The Kier molecular flexibility index (Phi) is 8.47. The first-order chi connectivity index (χ1) is 10.1. The van der Waals surface area contributed by atoms with Gasteiger partial charge in [-0.1, -0.05) is 0 Å². The van der Waals surface area contributed by atoms with Crippen LogP contribution in [0.5, 0.6) is 5.75 Å². The largest absolute Gasteiger partial charge is 0.497 e. The lowest BCUT2D eigenvalue weighted by molar-refractivity contribution is -0.115. The number of unbranched alkanes of at least 4 members (excludes halogenated alkanes) is 1. The molecule has 1 aromatic carbocycles. The third kappa shape index (κ3) is 8.32. The topological polar surface area (TPSA) is 59.6 Å². The van der Waals surface area contributed by atoms with E-state index in [0.717, 1.165) is 37.4 Å². The van der Waals surface area contributed by atoms with E-state index in [-0.39, 0.29) is 12.0 Å². The van der Waals surface area contributed by atoms with E-state index in [9.17, 15) is 4.79 Å². The van der Waals surface area contributed by atoms with Gasteiger partial charge in [0.05, 0.1) is 19.8 Å². The van der Waals surface area contributed by atoms with Crippen molar-refractivity contribution in [3.05, 3.63) is 24.3 Å². The van der Waals surface area contributed by atoms with Gasteiger partial charge in [0.2, 0.25) is 5.91 Å². The Morgan fingerprint density at radius 3 is 2.52 bits per heavy atom. The highest BCUT2D eigenvalue weighted by Crippen LogP contribution is 2.14. The lowest BCUT2D eigenvalue weighted by Gasteiger charge is -2.08. The zero-order valence-electron chi connectivity index (χ0n) is 13.1. The van der Waals surface area contributed by atoms with Crippen LogP contribution in [-0.2, 0) is 9.53 Å². The number of ether oxygens (including phenoxy) is 2. The van der Waals surface area contributed by atoms with Gasteiger partial charge in [-0.15, -0.1) is 0 Å². The van der Waals surface area contributed by atoms with Crippen LogP contribution in [-0.4, -0.2) is 38.8 Å². The van der Waals surface area contributed by atoms with Gasteiger partial charge in [0, 0.05) is 12.3 Å². The quantitative estimate of drug-likeness (QED) is 0.651. The second-order valence-corrected chi connectivity index (χ2v) is 5.08. The van der Waals surface area contributed by atoms with E-state index in [0.29, 0.717) is 6.54 Å². The molecular weight excluding hydrogens is 268 g/mol. The number of carbonyl (C=O) groups is 1. The summed E-state index contributed by atoms with van der Waals surface area (Å²) in [5, 5.41) is 5.95. The van der Waals surface area contributed by atoms with E-state index in [1.807, 2.05) is 38.1 Å². The number of hydrogen-bond acceptors (Lipinski definition) is 4. The molecular formula is C16H26N2O3. The molecule has 0 aliphatic rings. The molecule has 1 aromatic rings. The molecule has 118 valence electrons. The molecule has 1 rings (SSSR count). The zero-order valence-corrected chi connectivity index (χ0v) is 13.1. The fourth-order valence-corrected chi connectivity index (χ4v) is 1.75. The first-order valence-corrected chi connectivity index (χ1v) is 7.38. The van der Waals surface area contributed by atoms with Crippen molar-refractivity contribution in [2.24, 2.45) is 0 Å². The molecule has 0 aromatic heterocycles. The van der Waals surface area contributed by atoms with E-state index < -0.39 is 0 Å². The first-order valence-electron chi connectivity index (χ1n) is 7.38. The van der Waals surface area contributed by atoms with Crippen LogP contribution < -0.4 is 15.4 Å². The van der Waals surface area contributed by atoms with E-state index in [1.165, 1.54) is 0 Å². The van der Waals surface area contributed by atoms with Crippen molar-refractivity contribution in [1.29, 1.82) is 0 Å². The molecule has 0 saturated heterocycles. The van der Waals surface area contributed by atoms with Crippen LogP contribution in [0, 0.1) is 0 Å². The summed E-state index contributed by atoms with van der Waals surface area (Å²) in [6.45, 7) is 5.97. The fourth-order valence-electron chi connectivity index (χ4n) is 1.75. The highest BCUT2D eigenvalue weighted by Gasteiger charge is 2.02. The third-order valence-corrected chi connectivity index (χ3v) is 2.86. The molecule has 0 heterocycles. The van der Waals surface area contributed by atoms with Crippen LogP contribution in [0.3, 0.4) is 0 Å². The summed E-state index contributed by atoms with van der Waals surface area (Å²) in [6, 6.07) is 7.27. The first kappa shape index (κ1) is 17.5. The van der Waals surface area contributed by atoms with Gasteiger partial charge >= 0.3 is 0 Å². The predicted molar refractivity (Wildman–Crippen MR) is 84.8 cm³/mol. The van der Waals surface area contributed by atoms with Crippen LogP contribution in [0.1, 0.15) is 26.7 Å². The Labute approximate surface area is 127 Å². The summed E-state index contributed by atoms with van der Waals surface area (Å²) < 4.78 is 10.5. The Morgan fingerprint density at radius 1 is 1.19 bits per heavy atom. The third-order valence-electron chi connectivity index (χ3n) is 2.86. The molecule has 5 nitrogen and oxygen atoms in total. The maximum atomic E-state index is 11.7. The van der Waals surface area contributed by atoms with Crippen LogP contribution >= 0.6 is 0 Å². The number of rotatable bonds is 10. The molecule has 0 bridgehead atoms. The molecule has 21 heavy (non-hydrogen) atoms. The summed E-state index contributed by atoms with van der Waals surface area (Å²) in [7, 11) is 1.61. The monoisotopic (exact) mass is 294 g/mol. The van der Waals surface area contributed by atoms with Gasteiger partial charge in [-0.3, -0.25) is 4.79 Å². The van der Waals surface area contributed by atoms with Gasteiger partial charge in [-0.25, -0.2) is 0 Å². The minimum Gasteiger partial charge on any atom is -0.497 e. The minimum absolute atomic E-state index is 0.0430. The van der Waals surface area contributed by atoms with Crippen molar-refractivity contribution in [2.45, 2.75) is 32.8 Å². The molecule has 1 amide bonds. The second-order valence-electron chi connectivity index (χ2n) is 5.08. The van der Waals surface area contributed by atoms with Gasteiger partial charge in [0.25, 0.3) is 0 Å². The van der Waals surface area contributed by atoms with Crippen LogP contribution in [0.25, 0.3) is 0 Å². The Bertz CT molecular complexity index is 404. The van der Waals surface area contributed by atoms with Crippen LogP contribution in [0.2, 0.25) is 0 Å². The number of anilines is 1. The fraction of sp³-hybridized carbons (Fsp3) is 0.562. The summed E-state index contributed by atoms with van der Waals surface area (Å²) in [6.07, 6.45) is 2.29. The van der Waals surface area contributed by atoms with Gasteiger partial charge in [0.1, 0.15) is 5.75 Å². The number of benzene rings is 1. The Balaban J connectivity index is 2.08. The van der Waals surface area contributed by atoms with Gasteiger partial charge in [-0.05, 0) is 57.5 Å². The molecule has 0 fully saturated rings. The second kappa shape index (κ2) is 10.2. The SMILES string of the molecule is COc1ccc(NC(=O)CNCCCCOC(C)C)cc1. The van der Waals surface area contributed by atoms with Crippen molar-refractivity contribution in [3.63, 3.8) is 0 Å². The van der Waals surface area contributed by atoms with Gasteiger partial charge in [-0.2, -0.15) is 0 Å². The standard InChI is InChI=1S/C16H26N2O3/c1-13(2)21-11-5-4-10-17-12-16(19)18-14-6-8-15(20-3)9-7-14/h6-9,13,17H,4-5,10-12H2,1-3H3,(H,18,19). The zero-order chi connectivity index (χ0) is 15.5. The minimum atomic E-state index is -0.0430. The van der Waals surface area contributed by atoms with Gasteiger partial charge in [0.15, 0.2) is 0 Å². The molecule has 0 aliphatic heterocycles. The average Bonchev–Trinajstić information content (AvgIpc) is 2.46. The molecule has 0 spiro atoms. The Hall–Kier alpha value is -1.59. The molecule has 0 saturated carbocycles. The maximum absolute atomic E-state index is 11.7. The molecule has 0 atom stereocenters.